The zero-order chi connectivity index (χ0) is 12.8. The van der Waals surface area contributed by atoms with Crippen molar-refractivity contribution in [3.8, 4) is 6.01 Å². The molecule has 0 aromatic carbocycles. The maximum absolute atomic E-state index is 11.7. The predicted octanol–water partition coefficient (Wildman–Crippen LogP) is 0.514. The number of aryl methyl sites for hydroxylation is 1. The minimum Gasteiger partial charge on any atom is -0.469 e. The van der Waals surface area contributed by atoms with Gasteiger partial charge in [-0.15, -0.1) is 0 Å². The maximum atomic E-state index is 11.7. The molecule has 0 spiro atoms. The average Bonchev–Trinajstić information content (AvgIpc) is 2.30. The van der Waals surface area contributed by atoms with Crippen molar-refractivity contribution >= 4 is 5.97 Å². The molecule has 0 aliphatic carbocycles. The number of carbonyl (C=O) groups is 1. The second kappa shape index (κ2) is 6.03. The number of nitrogens with zero attached hydrogens (tertiary/aromatic N) is 2. The molecule has 0 fully saturated rings. The van der Waals surface area contributed by atoms with Crippen LogP contribution in [0, 0.1) is 6.92 Å². The monoisotopic (exact) mass is 240 g/mol. The lowest BCUT2D eigenvalue weighted by Gasteiger charge is -2.10. The Hall–Kier alpha value is -1.85. The van der Waals surface area contributed by atoms with Crippen LogP contribution in [-0.2, 0) is 16.1 Å². The largest absolute Gasteiger partial charge is 0.469 e. The standard InChI is InChI=1S/C11H16N2O4/c1-8-7-9(14)13(11(12-8)17-3)6-4-5-10(15)16-2/h7H,4-6H2,1-3H3. The van der Waals surface area contributed by atoms with Crippen LogP contribution in [-0.4, -0.2) is 29.7 Å². The summed E-state index contributed by atoms with van der Waals surface area (Å²) >= 11 is 0. The number of carbonyl (C=O) groups excluding carboxylic acids is 1. The Labute approximate surface area is 99.2 Å². The van der Waals surface area contributed by atoms with Gasteiger partial charge in [-0.05, 0) is 13.3 Å². The molecular weight excluding hydrogens is 224 g/mol. The average molecular weight is 240 g/mol. The van der Waals surface area contributed by atoms with Crippen molar-refractivity contribution in [1.29, 1.82) is 0 Å². The molecule has 1 heterocycles. The van der Waals surface area contributed by atoms with E-state index in [1.165, 1.54) is 24.9 Å². The van der Waals surface area contributed by atoms with Gasteiger partial charge in [-0.25, -0.2) is 4.98 Å². The number of hydrogen-bond acceptors (Lipinski definition) is 5. The molecule has 1 aromatic rings. The fourth-order valence-electron chi connectivity index (χ4n) is 1.44. The Balaban J connectivity index is 2.76. The molecule has 94 valence electrons. The zero-order valence-electron chi connectivity index (χ0n) is 10.2. The van der Waals surface area contributed by atoms with Crippen molar-refractivity contribution in [2.24, 2.45) is 0 Å². The summed E-state index contributed by atoms with van der Waals surface area (Å²) in [6, 6.07) is 1.69. The first-order valence-corrected chi connectivity index (χ1v) is 5.27. The molecule has 0 saturated carbocycles. The Morgan fingerprint density at radius 3 is 2.76 bits per heavy atom. The van der Waals surface area contributed by atoms with Gasteiger partial charge in [-0.1, -0.05) is 0 Å². The van der Waals surface area contributed by atoms with Crippen LogP contribution in [0.5, 0.6) is 6.01 Å². The Bertz CT molecular complexity index is 453. The normalized spacial score (nSPS) is 10.1. The quantitative estimate of drug-likeness (QED) is 0.701. The van der Waals surface area contributed by atoms with Gasteiger partial charge in [-0.2, -0.15) is 0 Å². The third-order valence-corrected chi connectivity index (χ3v) is 2.27. The van der Waals surface area contributed by atoms with Crippen molar-refractivity contribution in [2.75, 3.05) is 14.2 Å². The van der Waals surface area contributed by atoms with E-state index in [1.807, 2.05) is 0 Å². The summed E-state index contributed by atoms with van der Waals surface area (Å²) in [7, 11) is 2.79. The lowest BCUT2D eigenvalue weighted by molar-refractivity contribution is -0.140. The second-order valence-electron chi connectivity index (χ2n) is 3.55. The van der Waals surface area contributed by atoms with E-state index in [0.717, 1.165) is 0 Å². The molecular formula is C11H16N2O4. The van der Waals surface area contributed by atoms with Gasteiger partial charge in [0.25, 0.3) is 11.6 Å². The third-order valence-electron chi connectivity index (χ3n) is 2.27. The molecule has 1 aromatic heterocycles. The van der Waals surface area contributed by atoms with Crippen LogP contribution in [0.1, 0.15) is 18.5 Å². The van der Waals surface area contributed by atoms with Crippen LogP contribution in [0.3, 0.4) is 0 Å². The number of aromatic nitrogens is 2. The van der Waals surface area contributed by atoms with Gasteiger partial charge in [0.05, 0.1) is 14.2 Å². The van der Waals surface area contributed by atoms with Crippen LogP contribution in [0.25, 0.3) is 0 Å². The number of ether oxygens (including phenoxy) is 2. The Morgan fingerprint density at radius 2 is 2.18 bits per heavy atom. The van der Waals surface area contributed by atoms with Crippen LogP contribution >= 0.6 is 0 Å². The number of esters is 1. The van der Waals surface area contributed by atoms with Crippen molar-refractivity contribution in [3.63, 3.8) is 0 Å². The lowest BCUT2D eigenvalue weighted by atomic mass is 10.3. The van der Waals surface area contributed by atoms with E-state index in [4.69, 9.17) is 4.74 Å². The summed E-state index contributed by atoms with van der Waals surface area (Å²) in [5.41, 5.74) is 0.426. The van der Waals surface area contributed by atoms with Gasteiger partial charge in [0.1, 0.15) is 0 Å². The molecule has 6 nitrogen and oxygen atoms in total. The van der Waals surface area contributed by atoms with E-state index in [2.05, 4.69) is 9.72 Å². The predicted molar refractivity (Wildman–Crippen MR) is 61.0 cm³/mol. The number of rotatable bonds is 5. The summed E-state index contributed by atoms with van der Waals surface area (Å²) < 4.78 is 10.9. The van der Waals surface area contributed by atoms with E-state index in [1.54, 1.807) is 6.92 Å². The summed E-state index contributed by atoms with van der Waals surface area (Å²) in [6.07, 6.45) is 0.771. The summed E-state index contributed by atoms with van der Waals surface area (Å²) in [5, 5.41) is 0. The van der Waals surface area contributed by atoms with Crippen molar-refractivity contribution in [3.05, 3.63) is 22.1 Å². The highest BCUT2D eigenvalue weighted by molar-refractivity contribution is 5.68. The first-order valence-electron chi connectivity index (χ1n) is 5.27. The molecule has 0 radical (unpaired) electrons. The summed E-state index contributed by atoms with van der Waals surface area (Å²) in [6.45, 7) is 2.10. The topological polar surface area (TPSA) is 70.4 Å². The summed E-state index contributed by atoms with van der Waals surface area (Å²) in [4.78, 5) is 26.7. The van der Waals surface area contributed by atoms with Crippen molar-refractivity contribution in [2.45, 2.75) is 26.3 Å². The SMILES string of the molecule is COC(=O)CCCn1c(OC)nc(C)cc1=O. The van der Waals surface area contributed by atoms with Gasteiger partial charge in [0, 0.05) is 24.7 Å². The Morgan fingerprint density at radius 1 is 1.47 bits per heavy atom. The first kappa shape index (κ1) is 13.2. The highest BCUT2D eigenvalue weighted by Crippen LogP contribution is 2.06. The van der Waals surface area contributed by atoms with Crippen LogP contribution in [0.4, 0.5) is 0 Å². The molecule has 0 atom stereocenters. The van der Waals surface area contributed by atoms with Crippen LogP contribution in [0.2, 0.25) is 0 Å². The van der Waals surface area contributed by atoms with Crippen molar-refractivity contribution in [1.82, 2.24) is 9.55 Å². The van der Waals surface area contributed by atoms with Gasteiger partial charge in [-0.3, -0.25) is 14.2 Å². The highest BCUT2D eigenvalue weighted by atomic mass is 16.5. The fourth-order valence-corrected chi connectivity index (χ4v) is 1.44. The lowest BCUT2D eigenvalue weighted by Crippen LogP contribution is -2.23. The van der Waals surface area contributed by atoms with E-state index in [9.17, 15) is 9.59 Å². The van der Waals surface area contributed by atoms with E-state index >= 15 is 0 Å². The van der Waals surface area contributed by atoms with E-state index in [0.29, 0.717) is 18.7 Å². The Kier molecular flexibility index (Phi) is 4.68. The fraction of sp³-hybridized carbons (Fsp3) is 0.545. The van der Waals surface area contributed by atoms with Crippen molar-refractivity contribution < 1.29 is 14.3 Å². The van der Waals surface area contributed by atoms with Gasteiger partial charge in [0.15, 0.2) is 0 Å². The molecule has 17 heavy (non-hydrogen) atoms. The minimum atomic E-state index is -0.294. The van der Waals surface area contributed by atoms with E-state index in [-0.39, 0.29) is 24.0 Å². The first-order chi connectivity index (χ1) is 8.08. The molecule has 0 amide bonds. The van der Waals surface area contributed by atoms with Gasteiger partial charge < -0.3 is 9.47 Å². The minimum absolute atomic E-state index is 0.181. The molecule has 0 aliphatic rings. The number of hydrogen-bond donors (Lipinski definition) is 0. The molecule has 0 saturated heterocycles. The maximum Gasteiger partial charge on any atom is 0.305 e. The number of methoxy groups -OCH3 is 2. The molecule has 6 heteroatoms. The highest BCUT2D eigenvalue weighted by Gasteiger charge is 2.08. The third kappa shape index (κ3) is 3.58. The zero-order valence-corrected chi connectivity index (χ0v) is 10.2. The molecule has 0 bridgehead atoms. The second-order valence-corrected chi connectivity index (χ2v) is 3.55. The summed E-state index contributed by atoms with van der Waals surface area (Å²) in [5.74, 6) is -0.294. The smallest absolute Gasteiger partial charge is 0.305 e. The molecule has 0 unspecified atom stereocenters. The molecule has 0 aliphatic heterocycles. The van der Waals surface area contributed by atoms with Crippen LogP contribution in [0.15, 0.2) is 10.9 Å². The van der Waals surface area contributed by atoms with Gasteiger partial charge >= 0.3 is 5.97 Å². The molecule has 0 N–H and O–H groups in total. The molecule has 1 rings (SSSR count). The van der Waals surface area contributed by atoms with Gasteiger partial charge in [0.2, 0.25) is 0 Å². The van der Waals surface area contributed by atoms with Crippen LogP contribution < -0.4 is 10.3 Å². The van der Waals surface area contributed by atoms with E-state index < -0.39 is 0 Å².